The van der Waals surface area contributed by atoms with Gasteiger partial charge >= 0.3 is 0 Å². The third kappa shape index (κ3) is 4.58. The van der Waals surface area contributed by atoms with Crippen LogP contribution in [-0.2, 0) is 9.59 Å². The van der Waals surface area contributed by atoms with Gasteiger partial charge in [0, 0.05) is 17.3 Å². The highest BCUT2D eigenvalue weighted by molar-refractivity contribution is 5.96. The van der Waals surface area contributed by atoms with Crippen LogP contribution in [0.3, 0.4) is 0 Å². The Morgan fingerprint density at radius 3 is 2.52 bits per heavy atom. The molecule has 0 aromatic heterocycles. The second-order valence-corrected chi connectivity index (χ2v) is 5.79. The van der Waals surface area contributed by atoms with Crippen LogP contribution in [0.2, 0.25) is 0 Å². The van der Waals surface area contributed by atoms with Gasteiger partial charge in [-0.25, -0.2) is 0 Å². The molecule has 0 radical (unpaired) electrons. The van der Waals surface area contributed by atoms with Crippen molar-refractivity contribution < 1.29 is 14.3 Å². The fourth-order valence-electron chi connectivity index (χ4n) is 2.29. The zero-order valence-corrected chi connectivity index (χ0v) is 13.5. The van der Waals surface area contributed by atoms with Gasteiger partial charge in [0.25, 0.3) is 5.91 Å². The fraction of sp³-hybridized carbons (Fsp3) is 0.211. The highest BCUT2D eigenvalue weighted by atomic mass is 16.5. The van der Waals surface area contributed by atoms with Crippen LogP contribution >= 0.6 is 0 Å². The first kappa shape index (κ1) is 16.5. The van der Waals surface area contributed by atoms with Crippen molar-refractivity contribution in [3.05, 3.63) is 54.1 Å². The van der Waals surface area contributed by atoms with E-state index in [-0.39, 0.29) is 24.3 Å². The third-order valence-electron chi connectivity index (χ3n) is 3.73. The number of para-hydroxylation sites is 1. The van der Waals surface area contributed by atoms with Gasteiger partial charge in [0.1, 0.15) is 11.8 Å². The summed E-state index contributed by atoms with van der Waals surface area (Å²) >= 11 is 0. The molecule has 126 valence electrons. The number of benzene rings is 2. The zero-order chi connectivity index (χ0) is 17.6. The maximum absolute atomic E-state index is 12.0. The Kier molecular flexibility index (Phi) is 4.95. The number of hydrogen-bond donors (Lipinski definition) is 2. The number of anilines is 2. The molecule has 1 fully saturated rings. The Hall–Kier alpha value is -3.33. The molecule has 25 heavy (non-hydrogen) atoms. The van der Waals surface area contributed by atoms with Gasteiger partial charge in [-0.3, -0.25) is 9.59 Å². The van der Waals surface area contributed by atoms with Crippen LogP contribution < -0.4 is 15.4 Å². The highest BCUT2D eigenvalue weighted by Crippen LogP contribution is 2.30. The first-order chi connectivity index (χ1) is 12.2. The van der Waals surface area contributed by atoms with Crippen molar-refractivity contribution in [3.8, 4) is 11.8 Å². The maximum atomic E-state index is 12.0. The van der Waals surface area contributed by atoms with E-state index in [1.807, 2.05) is 6.07 Å². The molecular formula is C19H17N3O3. The molecule has 1 aliphatic carbocycles. The lowest BCUT2D eigenvalue weighted by Crippen LogP contribution is -2.20. The van der Waals surface area contributed by atoms with E-state index >= 15 is 0 Å². The number of carbonyl (C=O) groups excluding carboxylic acids is 2. The van der Waals surface area contributed by atoms with Crippen molar-refractivity contribution in [1.82, 2.24) is 0 Å². The number of nitrogens with one attached hydrogen (secondary N) is 2. The first-order valence-electron chi connectivity index (χ1n) is 7.98. The smallest absolute Gasteiger partial charge is 0.262 e. The SMILES string of the molecule is N#Cc1ccccc1OCC(=O)Nc1cccc(NC(=O)C2CC2)c1. The summed E-state index contributed by atoms with van der Waals surface area (Å²) in [6.45, 7) is -0.211. The average molecular weight is 335 g/mol. The summed E-state index contributed by atoms with van der Waals surface area (Å²) in [5.74, 6) is 0.149. The lowest BCUT2D eigenvalue weighted by Gasteiger charge is -2.10. The van der Waals surface area contributed by atoms with E-state index in [1.54, 1.807) is 48.5 Å². The molecule has 0 heterocycles. The van der Waals surface area contributed by atoms with Crippen LogP contribution in [0.5, 0.6) is 5.75 Å². The number of nitriles is 1. The molecule has 3 rings (SSSR count). The Morgan fingerprint density at radius 1 is 1.08 bits per heavy atom. The van der Waals surface area contributed by atoms with Gasteiger partial charge in [0.15, 0.2) is 6.61 Å². The van der Waals surface area contributed by atoms with E-state index in [2.05, 4.69) is 10.6 Å². The summed E-state index contributed by atoms with van der Waals surface area (Å²) in [6.07, 6.45) is 1.87. The molecule has 6 nitrogen and oxygen atoms in total. The molecule has 2 aromatic carbocycles. The van der Waals surface area contributed by atoms with Crippen molar-refractivity contribution in [2.24, 2.45) is 5.92 Å². The minimum atomic E-state index is -0.349. The van der Waals surface area contributed by atoms with Gasteiger partial charge in [0.05, 0.1) is 5.56 Å². The minimum Gasteiger partial charge on any atom is -0.482 e. The molecule has 0 saturated heterocycles. The molecular weight excluding hydrogens is 318 g/mol. The van der Waals surface area contributed by atoms with Crippen LogP contribution in [0.1, 0.15) is 18.4 Å². The number of amides is 2. The molecule has 6 heteroatoms. The predicted molar refractivity (Wildman–Crippen MR) is 93.1 cm³/mol. The molecule has 1 saturated carbocycles. The van der Waals surface area contributed by atoms with Crippen molar-refractivity contribution in [2.75, 3.05) is 17.2 Å². The topological polar surface area (TPSA) is 91.2 Å². The summed E-state index contributed by atoms with van der Waals surface area (Å²) in [4.78, 5) is 23.8. The number of ether oxygens (including phenoxy) is 1. The van der Waals surface area contributed by atoms with Gasteiger partial charge in [0.2, 0.25) is 5.91 Å². The number of rotatable bonds is 6. The molecule has 0 aliphatic heterocycles. The highest BCUT2D eigenvalue weighted by Gasteiger charge is 2.29. The summed E-state index contributed by atoms with van der Waals surface area (Å²) in [6, 6.07) is 15.7. The predicted octanol–water partition coefficient (Wildman–Crippen LogP) is 2.92. The Morgan fingerprint density at radius 2 is 1.80 bits per heavy atom. The van der Waals surface area contributed by atoms with Gasteiger partial charge in [-0.2, -0.15) is 5.26 Å². The quantitative estimate of drug-likeness (QED) is 0.849. The second kappa shape index (κ2) is 7.49. The molecule has 2 amide bonds. The van der Waals surface area contributed by atoms with Crippen LogP contribution in [-0.4, -0.2) is 18.4 Å². The summed E-state index contributed by atoms with van der Waals surface area (Å²) in [5, 5.41) is 14.5. The van der Waals surface area contributed by atoms with E-state index < -0.39 is 0 Å². The maximum Gasteiger partial charge on any atom is 0.262 e. The van der Waals surface area contributed by atoms with E-state index in [4.69, 9.17) is 10.00 Å². The first-order valence-corrected chi connectivity index (χ1v) is 7.98. The van der Waals surface area contributed by atoms with Crippen molar-refractivity contribution >= 4 is 23.2 Å². The largest absolute Gasteiger partial charge is 0.482 e. The molecule has 0 atom stereocenters. The summed E-state index contributed by atoms with van der Waals surface area (Å²) < 4.78 is 5.39. The van der Waals surface area contributed by atoms with Crippen LogP contribution in [0.25, 0.3) is 0 Å². The molecule has 2 N–H and O–H groups in total. The van der Waals surface area contributed by atoms with Crippen LogP contribution in [0.15, 0.2) is 48.5 Å². The van der Waals surface area contributed by atoms with Crippen molar-refractivity contribution in [3.63, 3.8) is 0 Å². The van der Waals surface area contributed by atoms with Gasteiger partial charge < -0.3 is 15.4 Å². The lowest BCUT2D eigenvalue weighted by molar-refractivity contribution is -0.118. The second-order valence-electron chi connectivity index (χ2n) is 5.79. The number of hydrogen-bond acceptors (Lipinski definition) is 4. The van der Waals surface area contributed by atoms with Crippen LogP contribution in [0, 0.1) is 17.2 Å². The molecule has 0 spiro atoms. The Balaban J connectivity index is 1.55. The van der Waals surface area contributed by atoms with Gasteiger partial charge in [-0.15, -0.1) is 0 Å². The molecule has 1 aliphatic rings. The van der Waals surface area contributed by atoms with E-state index in [0.717, 1.165) is 12.8 Å². The Labute approximate surface area is 145 Å². The summed E-state index contributed by atoms with van der Waals surface area (Å²) in [7, 11) is 0. The van der Waals surface area contributed by atoms with Crippen LogP contribution in [0.4, 0.5) is 11.4 Å². The van der Waals surface area contributed by atoms with E-state index in [1.165, 1.54) is 0 Å². The third-order valence-corrected chi connectivity index (χ3v) is 3.73. The molecule has 0 unspecified atom stereocenters. The molecule has 0 bridgehead atoms. The summed E-state index contributed by atoms with van der Waals surface area (Å²) in [5.41, 5.74) is 1.58. The minimum absolute atomic E-state index is 0.0138. The van der Waals surface area contributed by atoms with Crippen molar-refractivity contribution in [1.29, 1.82) is 5.26 Å². The van der Waals surface area contributed by atoms with Gasteiger partial charge in [-0.05, 0) is 43.2 Å². The average Bonchev–Trinajstić information content (AvgIpc) is 3.45. The fourth-order valence-corrected chi connectivity index (χ4v) is 2.29. The monoisotopic (exact) mass is 335 g/mol. The zero-order valence-electron chi connectivity index (χ0n) is 13.5. The van der Waals surface area contributed by atoms with E-state index in [9.17, 15) is 9.59 Å². The van der Waals surface area contributed by atoms with E-state index in [0.29, 0.717) is 22.7 Å². The standard InChI is InChI=1S/C19H17N3O3/c20-11-14-4-1-2-7-17(14)25-12-18(23)21-15-5-3-6-16(10-15)22-19(24)13-8-9-13/h1-7,10,13H,8-9,12H2,(H,21,23)(H,22,24). The Bertz CT molecular complexity index is 838. The van der Waals surface area contributed by atoms with Gasteiger partial charge in [-0.1, -0.05) is 18.2 Å². The molecule has 2 aromatic rings. The lowest BCUT2D eigenvalue weighted by atomic mass is 10.2. The number of carbonyl (C=O) groups is 2. The van der Waals surface area contributed by atoms with Crippen molar-refractivity contribution in [2.45, 2.75) is 12.8 Å². The number of nitrogens with zero attached hydrogens (tertiary/aromatic N) is 1. The normalized spacial score (nSPS) is 12.8.